The number of aromatic nitrogens is 1. The molecular weight excluding hydrogens is 299 g/mol. The molecule has 1 aliphatic rings. The molecule has 2 rings (SSSR count). The van der Waals surface area contributed by atoms with Crippen molar-refractivity contribution in [2.75, 3.05) is 5.32 Å². The summed E-state index contributed by atoms with van der Waals surface area (Å²) in [4.78, 5) is 20.1. The summed E-state index contributed by atoms with van der Waals surface area (Å²) in [5.74, 6) is -4.71. The van der Waals surface area contributed by atoms with Gasteiger partial charge in [-0.05, 0) is 19.1 Å². The molecule has 1 fully saturated rings. The van der Waals surface area contributed by atoms with Crippen LogP contribution in [0.1, 0.15) is 25.5 Å². The number of nitrogens with zero attached hydrogens (tertiary/aromatic N) is 2. The number of carbonyl (C=O) groups is 1. The molecule has 1 aliphatic carbocycles. The largest absolute Gasteiger partial charge is 0.392 e. The minimum Gasteiger partial charge on any atom is -0.392 e. The number of rotatable bonds is 5. The third-order valence-corrected chi connectivity index (χ3v) is 3.03. The lowest BCUT2D eigenvalue weighted by molar-refractivity contribution is -0.165. The number of pyridine rings is 1. The van der Waals surface area contributed by atoms with Crippen molar-refractivity contribution in [3.05, 3.63) is 36.4 Å². The van der Waals surface area contributed by atoms with Gasteiger partial charge in [0, 0.05) is 0 Å². The molecule has 1 aromatic heterocycles. The van der Waals surface area contributed by atoms with E-state index in [1.165, 1.54) is 18.3 Å². The van der Waals surface area contributed by atoms with Gasteiger partial charge in [0.05, 0.1) is 30.4 Å². The fraction of sp³-hybridized carbons (Fsp3) is 0.357. The van der Waals surface area contributed by atoms with E-state index < -0.39 is 23.8 Å². The van der Waals surface area contributed by atoms with Crippen molar-refractivity contribution in [2.45, 2.75) is 31.8 Å². The smallest absolute Gasteiger partial charge is 0.283 e. The van der Waals surface area contributed by atoms with Crippen molar-refractivity contribution in [2.24, 2.45) is 5.16 Å². The Hall–Kier alpha value is -2.38. The third kappa shape index (κ3) is 4.06. The molecule has 118 valence electrons. The third-order valence-electron chi connectivity index (χ3n) is 3.03. The number of amides is 1. The molecule has 5 nitrogen and oxygen atoms in total. The summed E-state index contributed by atoms with van der Waals surface area (Å²) in [6.45, 7) is 4.49. The predicted octanol–water partition coefficient (Wildman–Crippen LogP) is 3.04. The lowest BCUT2D eigenvalue weighted by Crippen LogP contribution is -2.40. The number of anilines is 1. The Labute approximate surface area is 124 Å². The molecule has 1 amide bonds. The average molecular weight is 313 g/mol. The molecule has 0 aromatic carbocycles. The van der Waals surface area contributed by atoms with Crippen molar-refractivity contribution < 1.29 is 22.8 Å². The van der Waals surface area contributed by atoms with Crippen LogP contribution in [-0.4, -0.2) is 28.6 Å². The van der Waals surface area contributed by atoms with Crippen LogP contribution >= 0.6 is 0 Å². The molecule has 1 aromatic rings. The second-order valence-corrected chi connectivity index (χ2v) is 4.96. The Kier molecular flexibility index (Phi) is 4.48. The van der Waals surface area contributed by atoms with Crippen molar-refractivity contribution in [3.63, 3.8) is 0 Å². The van der Waals surface area contributed by atoms with E-state index in [2.05, 4.69) is 22.0 Å². The van der Waals surface area contributed by atoms with E-state index in [9.17, 15) is 18.0 Å². The minimum absolute atomic E-state index is 0.292. The normalized spacial score (nSPS) is 17.5. The highest BCUT2D eigenvalue weighted by Crippen LogP contribution is 2.39. The molecule has 1 N–H and O–H groups in total. The van der Waals surface area contributed by atoms with Crippen LogP contribution in [0, 0.1) is 0 Å². The fourth-order valence-corrected chi connectivity index (χ4v) is 1.76. The summed E-state index contributed by atoms with van der Waals surface area (Å²) < 4.78 is 37.8. The molecule has 22 heavy (non-hydrogen) atoms. The summed E-state index contributed by atoms with van der Waals surface area (Å²) >= 11 is 0. The second kappa shape index (κ2) is 6.17. The predicted molar refractivity (Wildman–Crippen MR) is 74.4 cm³/mol. The van der Waals surface area contributed by atoms with Crippen molar-refractivity contribution >= 4 is 17.3 Å². The number of carbonyl (C=O) groups excluding carboxylic acids is 1. The molecule has 0 spiro atoms. The van der Waals surface area contributed by atoms with Crippen molar-refractivity contribution in [1.29, 1.82) is 0 Å². The molecular formula is C14H14F3N3O2. The summed E-state index contributed by atoms with van der Waals surface area (Å²) in [6.07, 6.45) is 0.0520. The van der Waals surface area contributed by atoms with Crippen LogP contribution < -0.4 is 5.32 Å². The fourth-order valence-electron chi connectivity index (χ4n) is 1.76. The SMILES string of the molecule is C=C(F)C(=O)Nc1ccc(/C(C)=N/OC2CC(F)(F)C2)nc1. The van der Waals surface area contributed by atoms with E-state index in [1.54, 1.807) is 6.92 Å². The molecule has 0 saturated heterocycles. The highest BCUT2D eigenvalue weighted by molar-refractivity contribution is 6.02. The molecule has 0 unspecified atom stereocenters. The summed E-state index contributed by atoms with van der Waals surface area (Å²) in [6, 6.07) is 3.04. The Bertz CT molecular complexity index is 606. The highest BCUT2D eigenvalue weighted by atomic mass is 19.3. The second-order valence-electron chi connectivity index (χ2n) is 4.96. The van der Waals surface area contributed by atoms with Gasteiger partial charge in [-0.25, -0.2) is 13.2 Å². The number of oxime groups is 1. The number of nitrogens with one attached hydrogen (secondary N) is 1. The molecule has 1 heterocycles. The zero-order valence-electron chi connectivity index (χ0n) is 11.8. The highest BCUT2D eigenvalue weighted by Gasteiger charge is 2.47. The molecule has 0 atom stereocenters. The van der Waals surface area contributed by atoms with Crippen molar-refractivity contribution in [1.82, 2.24) is 4.98 Å². The standard InChI is InChI=1S/C14H14F3N3O2/c1-8(15)13(21)19-10-3-4-12(18-7-10)9(2)20-22-11-5-14(16,17)6-11/h3-4,7,11H,1,5-6H2,2H3,(H,19,21)/b20-9+. The van der Waals surface area contributed by atoms with Gasteiger partial charge in [-0.2, -0.15) is 0 Å². The van der Waals surface area contributed by atoms with E-state index in [0.29, 0.717) is 17.1 Å². The van der Waals surface area contributed by atoms with Gasteiger partial charge in [0.25, 0.3) is 11.8 Å². The first kappa shape index (κ1) is 16.0. The van der Waals surface area contributed by atoms with Gasteiger partial charge in [0.2, 0.25) is 0 Å². The van der Waals surface area contributed by atoms with Crippen LogP contribution in [0.3, 0.4) is 0 Å². The van der Waals surface area contributed by atoms with E-state index in [0.717, 1.165) is 0 Å². The quantitative estimate of drug-likeness (QED) is 0.516. The number of hydrogen-bond donors (Lipinski definition) is 1. The van der Waals surface area contributed by atoms with Crippen LogP contribution in [0.15, 0.2) is 35.9 Å². The Morgan fingerprint density at radius 3 is 2.68 bits per heavy atom. The molecule has 8 heteroatoms. The number of hydrogen-bond acceptors (Lipinski definition) is 4. The van der Waals surface area contributed by atoms with Gasteiger partial charge >= 0.3 is 0 Å². The molecule has 0 aliphatic heterocycles. The first-order valence-electron chi connectivity index (χ1n) is 6.47. The van der Waals surface area contributed by atoms with E-state index in [4.69, 9.17) is 4.84 Å². The van der Waals surface area contributed by atoms with Crippen LogP contribution in [0.25, 0.3) is 0 Å². The van der Waals surface area contributed by atoms with Gasteiger partial charge in [0.1, 0.15) is 11.8 Å². The van der Waals surface area contributed by atoms with Crippen LogP contribution in [0.4, 0.5) is 18.9 Å². The zero-order valence-corrected chi connectivity index (χ0v) is 11.8. The first-order valence-corrected chi connectivity index (χ1v) is 6.47. The summed E-state index contributed by atoms with van der Waals surface area (Å²) in [5, 5.41) is 6.01. The molecule has 1 saturated carbocycles. The number of halogens is 3. The van der Waals surface area contributed by atoms with Gasteiger partial charge in [-0.15, -0.1) is 0 Å². The van der Waals surface area contributed by atoms with Crippen molar-refractivity contribution in [3.8, 4) is 0 Å². The Morgan fingerprint density at radius 2 is 2.18 bits per heavy atom. The van der Waals surface area contributed by atoms with E-state index in [1.807, 2.05) is 0 Å². The van der Waals surface area contributed by atoms with E-state index >= 15 is 0 Å². The van der Waals surface area contributed by atoms with Gasteiger partial charge < -0.3 is 10.2 Å². The Morgan fingerprint density at radius 1 is 1.50 bits per heavy atom. The maximum absolute atomic E-state index is 12.6. The van der Waals surface area contributed by atoms with Gasteiger partial charge in [-0.3, -0.25) is 9.78 Å². The van der Waals surface area contributed by atoms with Gasteiger partial charge in [0.15, 0.2) is 5.83 Å². The molecule has 0 radical (unpaired) electrons. The summed E-state index contributed by atoms with van der Waals surface area (Å²) in [7, 11) is 0. The maximum Gasteiger partial charge on any atom is 0.283 e. The molecule has 0 bridgehead atoms. The first-order chi connectivity index (χ1) is 10.3. The van der Waals surface area contributed by atoms with Crippen LogP contribution in [0.5, 0.6) is 0 Å². The van der Waals surface area contributed by atoms with E-state index in [-0.39, 0.29) is 12.8 Å². The Balaban J connectivity index is 1.92. The minimum atomic E-state index is -2.66. The average Bonchev–Trinajstić information content (AvgIpc) is 2.43. The maximum atomic E-state index is 12.6. The lowest BCUT2D eigenvalue weighted by Gasteiger charge is -2.32. The monoisotopic (exact) mass is 313 g/mol. The zero-order chi connectivity index (χ0) is 16.3. The van der Waals surface area contributed by atoms with Gasteiger partial charge in [-0.1, -0.05) is 11.7 Å². The number of alkyl halides is 2. The topological polar surface area (TPSA) is 63.6 Å². The summed E-state index contributed by atoms with van der Waals surface area (Å²) in [5.41, 5.74) is 1.14. The van der Waals surface area contributed by atoms with Crippen LogP contribution in [0.2, 0.25) is 0 Å². The lowest BCUT2D eigenvalue weighted by atomic mass is 9.91. The van der Waals surface area contributed by atoms with Crippen LogP contribution in [-0.2, 0) is 9.63 Å².